The largest absolute Gasteiger partial charge is 0.377 e. The van der Waals surface area contributed by atoms with Crippen molar-refractivity contribution < 1.29 is 14.1 Å². The van der Waals surface area contributed by atoms with Gasteiger partial charge in [-0.1, -0.05) is 19.0 Å². The Kier molecular flexibility index (Phi) is 5.80. The van der Waals surface area contributed by atoms with Gasteiger partial charge in [0.25, 0.3) is 5.91 Å². The summed E-state index contributed by atoms with van der Waals surface area (Å²) in [4.78, 5) is 11.9. The lowest BCUT2D eigenvalue weighted by Gasteiger charge is -2.17. The Balaban J connectivity index is 2.57. The third-order valence-electron chi connectivity index (χ3n) is 2.45. The first-order valence-corrected chi connectivity index (χ1v) is 6.02. The topological polar surface area (TPSA) is 90.4 Å². The molecular weight excluding hydrogens is 234 g/mol. The molecule has 6 heteroatoms. The van der Waals surface area contributed by atoms with E-state index < -0.39 is 0 Å². The first kappa shape index (κ1) is 14.7. The molecule has 1 rings (SSSR count). The SMILES string of the molecule is COCc1cc(C(=O)NC(CN)CC(C)C)no1. The fraction of sp³-hybridized carbons (Fsp3) is 0.667. The summed E-state index contributed by atoms with van der Waals surface area (Å²) < 4.78 is 9.85. The highest BCUT2D eigenvalue weighted by molar-refractivity contribution is 5.92. The second-order valence-electron chi connectivity index (χ2n) is 4.65. The van der Waals surface area contributed by atoms with Gasteiger partial charge in [0, 0.05) is 25.8 Å². The number of carbonyl (C=O) groups excluding carboxylic acids is 1. The van der Waals surface area contributed by atoms with Gasteiger partial charge in [0.2, 0.25) is 0 Å². The molecule has 102 valence electrons. The lowest BCUT2D eigenvalue weighted by molar-refractivity contribution is 0.0924. The Morgan fingerprint density at radius 2 is 2.33 bits per heavy atom. The van der Waals surface area contributed by atoms with Gasteiger partial charge >= 0.3 is 0 Å². The highest BCUT2D eigenvalue weighted by Crippen LogP contribution is 2.07. The molecule has 0 spiro atoms. The Morgan fingerprint density at radius 3 is 2.89 bits per heavy atom. The van der Waals surface area contributed by atoms with E-state index in [0.717, 1.165) is 6.42 Å². The predicted molar refractivity (Wildman–Crippen MR) is 67.0 cm³/mol. The van der Waals surface area contributed by atoms with Gasteiger partial charge in [-0.15, -0.1) is 0 Å². The third-order valence-corrected chi connectivity index (χ3v) is 2.45. The molecule has 1 aromatic heterocycles. The normalized spacial score (nSPS) is 12.7. The Hall–Kier alpha value is -1.40. The molecule has 0 radical (unpaired) electrons. The minimum atomic E-state index is -0.266. The van der Waals surface area contributed by atoms with E-state index in [4.69, 9.17) is 15.0 Å². The van der Waals surface area contributed by atoms with Crippen LogP contribution in [-0.4, -0.2) is 30.8 Å². The average molecular weight is 255 g/mol. The van der Waals surface area contributed by atoms with Crippen LogP contribution >= 0.6 is 0 Å². The number of nitrogens with one attached hydrogen (secondary N) is 1. The van der Waals surface area contributed by atoms with Crippen LogP contribution in [0.1, 0.15) is 36.5 Å². The molecule has 18 heavy (non-hydrogen) atoms. The molecular formula is C12H21N3O3. The van der Waals surface area contributed by atoms with Crippen molar-refractivity contribution in [2.24, 2.45) is 11.7 Å². The molecule has 1 atom stereocenters. The summed E-state index contributed by atoms with van der Waals surface area (Å²) >= 11 is 0. The Labute approximate surface area is 107 Å². The Bertz CT molecular complexity index is 376. The fourth-order valence-electron chi connectivity index (χ4n) is 1.67. The maximum absolute atomic E-state index is 11.9. The van der Waals surface area contributed by atoms with Crippen LogP contribution < -0.4 is 11.1 Å². The van der Waals surface area contributed by atoms with E-state index in [2.05, 4.69) is 24.3 Å². The smallest absolute Gasteiger partial charge is 0.273 e. The van der Waals surface area contributed by atoms with Gasteiger partial charge in [0.05, 0.1) is 0 Å². The molecule has 0 aliphatic carbocycles. The summed E-state index contributed by atoms with van der Waals surface area (Å²) in [7, 11) is 1.55. The summed E-state index contributed by atoms with van der Waals surface area (Å²) in [6.45, 7) is 4.88. The third kappa shape index (κ3) is 4.46. The van der Waals surface area contributed by atoms with Crippen molar-refractivity contribution in [3.63, 3.8) is 0 Å². The molecule has 0 aliphatic rings. The molecule has 1 amide bonds. The second kappa shape index (κ2) is 7.13. The van der Waals surface area contributed by atoms with Crippen LogP contribution in [-0.2, 0) is 11.3 Å². The van der Waals surface area contributed by atoms with Crippen LogP contribution in [0.25, 0.3) is 0 Å². The van der Waals surface area contributed by atoms with E-state index in [0.29, 0.717) is 24.8 Å². The predicted octanol–water partition coefficient (Wildman–Crippen LogP) is 0.924. The van der Waals surface area contributed by atoms with Crippen LogP contribution in [0.4, 0.5) is 0 Å². The monoisotopic (exact) mass is 255 g/mol. The number of nitrogens with zero attached hydrogens (tertiary/aromatic N) is 1. The van der Waals surface area contributed by atoms with Crippen molar-refractivity contribution in [1.82, 2.24) is 10.5 Å². The zero-order valence-corrected chi connectivity index (χ0v) is 11.1. The Morgan fingerprint density at radius 1 is 1.61 bits per heavy atom. The number of methoxy groups -OCH3 is 1. The standard InChI is InChI=1S/C12H21N3O3/c1-8(2)4-9(6-13)14-12(16)11-5-10(7-17-3)18-15-11/h5,8-9H,4,6-7,13H2,1-3H3,(H,14,16). The summed E-state index contributed by atoms with van der Waals surface area (Å²) in [5.41, 5.74) is 5.88. The zero-order chi connectivity index (χ0) is 13.5. The molecule has 0 aliphatic heterocycles. The van der Waals surface area contributed by atoms with Gasteiger partial charge in [-0.25, -0.2) is 0 Å². The van der Waals surface area contributed by atoms with Crippen molar-refractivity contribution in [2.45, 2.75) is 32.9 Å². The van der Waals surface area contributed by atoms with E-state index in [1.54, 1.807) is 13.2 Å². The molecule has 0 bridgehead atoms. The number of ether oxygens (including phenoxy) is 1. The quantitative estimate of drug-likeness (QED) is 0.756. The molecule has 0 saturated heterocycles. The van der Waals surface area contributed by atoms with E-state index >= 15 is 0 Å². The van der Waals surface area contributed by atoms with Gasteiger partial charge in [-0.2, -0.15) is 0 Å². The fourth-order valence-corrected chi connectivity index (χ4v) is 1.67. The van der Waals surface area contributed by atoms with Gasteiger partial charge < -0.3 is 20.3 Å². The van der Waals surface area contributed by atoms with Gasteiger partial charge in [0.1, 0.15) is 6.61 Å². The molecule has 0 fully saturated rings. The van der Waals surface area contributed by atoms with Crippen molar-refractivity contribution in [3.8, 4) is 0 Å². The van der Waals surface area contributed by atoms with Crippen LogP contribution in [0.15, 0.2) is 10.6 Å². The lowest BCUT2D eigenvalue weighted by atomic mass is 10.0. The van der Waals surface area contributed by atoms with E-state index in [9.17, 15) is 4.79 Å². The van der Waals surface area contributed by atoms with Crippen LogP contribution in [0.5, 0.6) is 0 Å². The summed E-state index contributed by atoms with van der Waals surface area (Å²) in [6.07, 6.45) is 0.838. The number of aromatic nitrogens is 1. The van der Waals surface area contributed by atoms with Crippen LogP contribution in [0.2, 0.25) is 0 Å². The molecule has 0 saturated carbocycles. The maximum atomic E-state index is 11.9. The van der Waals surface area contributed by atoms with E-state index in [-0.39, 0.29) is 17.6 Å². The number of amides is 1. The molecule has 1 heterocycles. The lowest BCUT2D eigenvalue weighted by Crippen LogP contribution is -2.41. The zero-order valence-electron chi connectivity index (χ0n) is 11.1. The van der Waals surface area contributed by atoms with Crippen LogP contribution in [0, 0.1) is 5.92 Å². The van der Waals surface area contributed by atoms with Gasteiger partial charge in [-0.05, 0) is 12.3 Å². The highest BCUT2D eigenvalue weighted by Gasteiger charge is 2.17. The first-order valence-electron chi connectivity index (χ1n) is 6.02. The van der Waals surface area contributed by atoms with Crippen molar-refractivity contribution >= 4 is 5.91 Å². The van der Waals surface area contributed by atoms with E-state index in [1.807, 2.05) is 0 Å². The number of carbonyl (C=O) groups is 1. The van der Waals surface area contributed by atoms with E-state index in [1.165, 1.54) is 0 Å². The first-order chi connectivity index (χ1) is 8.56. The second-order valence-corrected chi connectivity index (χ2v) is 4.65. The van der Waals surface area contributed by atoms with Crippen molar-refractivity contribution in [3.05, 3.63) is 17.5 Å². The molecule has 0 aromatic carbocycles. The number of hydrogen-bond donors (Lipinski definition) is 2. The molecule has 1 aromatic rings. The summed E-state index contributed by atoms with van der Waals surface area (Å²) in [5.74, 6) is 0.730. The average Bonchev–Trinajstić information content (AvgIpc) is 2.76. The van der Waals surface area contributed by atoms with Gasteiger partial charge in [0.15, 0.2) is 11.5 Å². The molecule has 1 unspecified atom stereocenters. The highest BCUT2D eigenvalue weighted by atomic mass is 16.5. The summed E-state index contributed by atoms with van der Waals surface area (Å²) in [6, 6.07) is 1.53. The molecule has 6 nitrogen and oxygen atoms in total. The number of rotatable bonds is 7. The molecule has 3 N–H and O–H groups in total. The number of hydrogen-bond acceptors (Lipinski definition) is 5. The minimum absolute atomic E-state index is 0.0416. The van der Waals surface area contributed by atoms with Crippen molar-refractivity contribution in [2.75, 3.05) is 13.7 Å². The summed E-state index contributed by atoms with van der Waals surface area (Å²) in [5, 5.41) is 6.54. The maximum Gasteiger partial charge on any atom is 0.273 e. The minimum Gasteiger partial charge on any atom is -0.377 e. The van der Waals surface area contributed by atoms with Crippen molar-refractivity contribution in [1.29, 1.82) is 0 Å². The van der Waals surface area contributed by atoms with Crippen LogP contribution in [0.3, 0.4) is 0 Å². The van der Waals surface area contributed by atoms with Gasteiger partial charge in [-0.3, -0.25) is 4.79 Å². The number of nitrogens with two attached hydrogens (primary N) is 1.